The summed E-state index contributed by atoms with van der Waals surface area (Å²) >= 11 is 0. The molecule has 0 bridgehead atoms. The van der Waals surface area contributed by atoms with Crippen molar-refractivity contribution in [3.63, 3.8) is 0 Å². The van der Waals surface area contributed by atoms with Crippen LogP contribution >= 0.6 is 0 Å². The Hall–Kier alpha value is -3.41. The monoisotopic (exact) mass is 849 g/mol. The summed E-state index contributed by atoms with van der Waals surface area (Å²) in [5.74, 6) is -0.966. The predicted octanol–water partition coefficient (Wildman–Crippen LogP) is 16.4. The lowest BCUT2D eigenvalue weighted by Crippen LogP contribution is -2.30. The summed E-state index contributed by atoms with van der Waals surface area (Å²) < 4.78 is 16.7. The molecule has 0 aliphatic rings. The standard InChI is InChI=1S/C55H92O6/c1-4-7-10-13-16-19-22-24-26-27-29-31-34-37-40-43-46-49-55(58)61-52(50-59-53(56)47-44-41-38-35-32-21-18-15-12-9-6-3)51-60-54(57)48-45-42-39-36-33-30-28-25-23-20-17-14-11-8-5-2/h8,11,16-17,19-20,24-26,28-29,31,33,36,52H,4-7,9-10,12-15,18,21-23,27,30,32,34-35,37-51H2,1-3H3/b11-8-,19-16-,20-17-,26-24-,28-25-,31-29-,36-33-/t52-/m0/s1. The Morgan fingerprint density at radius 2 is 0.639 bits per heavy atom. The number of esters is 3. The minimum atomic E-state index is -0.803. The van der Waals surface area contributed by atoms with Crippen molar-refractivity contribution < 1.29 is 28.6 Å². The lowest BCUT2D eigenvalue weighted by molar-refractivity contribution is -0.167. The lowest BCUT2D eigenvalue weighted by Gasteiger charge is -2.18. The molecule has 0 aliphatic heterocycles. The van der Waals surface area contributed by atoms with E-state index in [0.717, 1.165) is 109 Å². The van der Waals surface area contributed by atoms with Crippen molar-refractivity contribution in [2.75, 3.05) is 13.2 Å². The number of rotatable bonds is 44. The summed E-state index contributed by atoms with van der Waals surface area (Å²) in [6.07, 6.45) is 62.8. The van der Waals surface area contributed by atoms with Gasteiger partial charge in [0.25, 0.3) is 0 Å². The fraction of sp³-hybridized carbons (Fsp3) is 0.691. The van der Waals surface area contributed by atoms with Gasteiger partial charge in [0, 0.05) is 19.3 Å². The number of ether oxygens (including phenoxy) is 3. The molecule has 1 atom stereocenters. The SMILES string of the molecule is CC/C=C\C/C=C\C/C=C\C/C=C\CCCCC(=O)OC[C@H](COC(=O)CCCCCCCCCCCCC)OC(=O)CCCCCC/C=C\C/C=C\C/C=C\CCCCC. The first-order chi connectivity index (χ1) is 30.0. The Morgan fingerprint density at radius 3 is 1.07 bits per heavy atom. The van der Waals surface area contributed by atoms with Crippen LogP contribution in [0.25, 0.3) is 0 Å². The van der Waals surface area contributed by atoms with Gasteiger partial charge in [-0.2, -0.15) is 0 Å². The van der Waals surface area contributed by atoms with E-state index in [2.05, 4.69) is 106 Å². The zero-order valence-corrected chi connectivity index (χ0v) is 39.7. The van der Waals surface area contributed by atoms with Gasteiger partial charge in [-0.25, -0.2) is 0 Å². The van der Waals surface area contributed by atoms with Crippen molar-refractivity contribution in [3.8, 4) is 0 Å². The van der Waals surface area contributed by atoms with Crippen molar-refractivity contribution >= 4 is 17.9 Å². The van der Waals surface area contributed by atoms with Crippen LogP contribution in [0.2, 0.25) is 0 Å². The topological polar surface area (TPSA) is 78.9 Å². The van der Waals surface area contributed by atoms with Crippen LogP contribution in [-0.2, 0) is 28.6 Å². The van der Waals surface area contributed by atoms with Gasteiger partial charge < -0.3 is 14.2 Å². The van der Waals surface area contributed by atoms with Crippen LogP contribution in [0.3, 0.4) is 0 Å². The summed E-state index contributed by atoms with van der Waals surface area (Å²) in [6, 6.07) is 0. The van der Waals surface area contributed by atoms with Crippen molar-refractivity contribution in [1.82, 2.24) is 0 Å². The Kier molecular flexibility index (Phi) is 46.5. The summed E-state index contributed by atoms with van der Waals surface area (Å²) in [7, 11) is 0. The molecule has 0 aliphatic carbocycles. The smallest absolute Gasteiger partial charge is 0.306 e. The Labute approximate surface area is 375 Å². The third-order valence-electron chi connectivity index (χ3n) is 10.4. The van der Waals surface area contributed by atoms with Gasteiger partial charge in [0.2, 0.25) is 0 Å². The molecule has 0 amide bonds. The molecule has 0 saturated heterocycles. The van der Waals surface area contributed by atoms with E-state index in [-0.39, 0.29) is 31.1 Å². The van der Waals surface area contributed by atoms with E-state index in [4.69, 9.17) is 14.2 Å². The van der Waals surface area contributed by atoms with Gasteiger partial charge in [0.15, 0.2) is 6.10 Å². The normalized spacial score (nSPS) is 12.8. The molecule has 6 nitrogen and oxygen atoms in total. The fourth-order valence-electron chi connectivity index (χ4n) is 6.61. The molecule has 6 heteroatoms. The number of allylic oxidation sites excluding steroid dienone is 14. The molecule has 348 valence electrons. The summed E-state index contributed by atoms with van der Waals surface area (Å²) in [5.41, 5.74) is 0. The van der Waals surface area contributed by atoms with Crippen LogP contribution in [0.4, 0.5) is 0 Å². The van der Waals surface area contributed by atoms with E-state index in [1.54, 1.807) is 0 Å². The first-order valence-corrected chi connectivity index (χ1v) is 25.1. The maximum absolute atomic E-state index is 12.8. The van der Waals surface area contributed by atoms with Crippen molar-refractivity contribution in [2.24, 2.45) is 0 Å². The second-order valence-electron chi connectivity index (χ2n) is 16.3. The lowest BCUT2D eigenvalue weighted by atomic mass is 10.1. The molecular weight excluding hydrogens is 757 g/mol. The molecule has 0 fully saturated rings. The highest BCUT2D eigenvalue weighted by atomic mass is 16.6. The van der Waals surface area contributed by atoms with E-state index < -0.39 is 6.10 Å². The van der Waals surface area contributed by atoms with Crippen LogP contribution in [0.1, 0.15) is 226 Å². The molecule has 0 heterocycles. The minimum absolute atomic E-state index is 0.0982. The summed E-state index contributed by atoms with van der Waals surface area (Å²) in [6.45, 7) is 6.42. The van der Waals surface area contributed by atoms with Crippen LogP contribution in [0.15, 0.2) is 85.1 Å². The van der Waals surface area contributed by atoms with Crippen LogP contribution in [-0.4, -0.2) is 37.2 Å². The van der Waals surface area contributed by atoms with Crippen molar-refractivity contribution in [1.29, 1.82) is 0 Å². The zero-order chi connectivity index (χ0) is 44.4. The van der Waals surface area contributed by atoms with Gasteiger partial charge in [-0.05, 0) is 96.3 Å². The second-order valence-corrected chi connectivity index (χ2v) is 16.3. The molecule has 0 aromatic carbocycles. The molecule has 0 radical (unpaired) electrons. The second kappa shape index (κ2) is 49.2. The van der Waals surface area contributed by atoms with Crippen LogP contribution in [0, 0.1) is 0 Å². The maximum atomic E-state index is 12.8. The van der Waals surface area contributed by atoms with Gasteiger partial charge in [-0.15, -0.1) is 0 Å². The summed E-state index contributed by atoms with van der Waals surface area (Å²) in [4.78, 5) is 37.9. The maximum Gasteiger partial charge on any atom is 0.306 e. The average molecular weight is 849 g/mol. The number of carbonyl (C=O) groups is 3. The Morgan fingerprint density at radius 1 is 0.344 bits per heavy atom. The highest BCUT2D eigenvalue weighted by Gasteiger charge is 2.19. The molecule has 0 spiro atoms. The number of hydrogen-bond donors (Lipinski definition) is 0. The zero-order valence-electron chi connectivity index (χ0n) is 39.7. The van der Waals surface area contributed by atoms with Gasteiger partial charge in [-0.3, -0.25) is 14.4 Å². The molecule has 0 aromatic rings. The van der Waals surface area contributed by atoms with Gasteiger partial charge in [0.1, 0.15) is 13.2 Å². The van der Waals surface area contributed by atoms with Crippen LogP contribution in [0.5, 0.6) is 0 Å². The summed E-state index contributed by atoms with van der Waals surface area (Å²) in [5, 5.41) is 0. The largest absolute Gasteiger partial charge is 0.462 e. The van der Waals surface area contributed by atoms with Gasteiger partial charge in [0.05, 0.1) is 0 Å². The molecule has 0 aromatic heterocycles. The molecule has 0 saturated carbocycles. The highest BCUT2D eigenvalue weighted by Crippen LogP contribution is 2.14. The number of unbranched alkanes of at least 4 members (excludes halogenated alkanes) is 19. The fourth-order valence-corrected chi connectivity index (χ4v) is 6.61. The Bertz CT molecular complexity index is 1200. The third-order valence-corrected chi connectivity index (χ3v) is 10.4. The molecular formula is C55H92O6. The molecule has 0 N–H and O–H groups in total. The van der Waals surface area contributed by atoms with E-state index in [9.17, 15) is 14.4 Å². The molecule has 0 unspecified atom stereocenters. The highest BCUT2D eigenvalue weighted by molar-refractivity contribution is 5.71. The predicted molar refractivity (Wildman–Crippen MR) is 261 cm³/mol. The number of carbonyl (C=O) groups excluding carboxylic acids is 3. The Balaban J connectivity index is 4.49. The van der Waals surface area contributed by atoms with Crippen LogP contribution < -0.4 is 0 Å². The van der Waals surface area contributed by atoms with E-state index in [1.165, 1.54) is 77.0 Å². The van der Waals surface area contributed by atoms with E-state index >= 15 is 0 Å². The first-order valence-electron chi connectivity index (χ1n) is 25.1. The van der Waals surface area contributed by atoms with E-state index in [1.807, 2.05) is 0 Å². The molecule has 61 heavy (non-hydrogen) atoms. The van der Waals surface area contributed by atoms with Crippen molar-refractivity contribution in [2.45, 2.75) is 232 Å². The quantitative estimate of drug-likeness (QED) is 0.0263. The minimum Gasteiger partial charge on any atom is -0.462 e. The first kappa shape index (κ1) is 57.6. The van der Waals surface area contributed by atoms with Crippen molar-refractivity contribution in [3.05, 3.63) is 85.1 Å². The third kappa shape index (κ3) is 47.5. The molecule has 0 rings (SSSR count). The van der Waals surface area contributed by atoms with E-state index in [0.29, 0.717) is 19.3 Å². The van der Waals surface area contributed by atoms with Gasteiger partial charge >= 0.3 is 17.9 Å². The number of hydrogen-bond acceptors (Lipinski definition) is 6. The average Bonchev–Trinajstić information content (AvgIpc) is 3.26. The van der Waals surface area contributed by atoms with Gasteiger partial charge in [-0.1, -0.05) is 196 Å².